The smallest absolute Gasteiger partial charge is 0.347 e. The zero-order chi connectivity index (χ0) is 23.3. The van der Waals surface area contributed by atoms with Crippen LogP contribution in [0, 0.1) is 0 Å². The Balaban J connectivity index is 1.39. The second kappa shape index (κ2) is 10.1. The number of carbonyl (C=O) groups excluding carboxylic acids is 1. The van der Waals surface area contributed by atoms with Crippen LogP contribution in [0.15, 0.2) is 54.6 Å². The van der Waals surface area contributed by atoms with E-state index in [1.807, 2.05) is 42.5 Å². The highest BCUT2D eigenvalue weighted by atomic mass is 19.4. The third-order valence-electron chi connectivity index (χ3n) is 6.98. The average molecular weight is 457 g/mol. The number of halogens is 3. The van der Waals surface area contributed by atoms with Gasteiger partial charge in [0, 0.05) is 31.2 Å². The molecule has 2 aliphatic rings. The molecule has 0 radical (unpaired) electrons. The van der Waals surface area contributed by atoms with Crippen LogP contribution in [-0.4, -0.2) is 29.4 Å². The van der Waals surface area contributed by atoms with Gasteiger partial charge in [-0.05, 0) is 54.5 Å². The Morgan fingerprint density at radius 1 is 1.03 bits per heavy atom. The average Bonchev–Trinajstić information content (AvgIpc) is 2.81. The minimum atomic E-state index is -4.31. The van der Waals surface area contributed by atoms with E-state index in [0.717, 1.165) is 49.8 Å². The van der Waals surface area contributed by atoms with Crippen LogP contribution in [0.2, 0.25) is 0 Å². The first kappa shape index (κ1) is 23.6. The topological polar surface area (TPSA) is 32.3 Å². The molecular weight excluding hydrogens is 425 g/mol. The number of alkyl halides is 3. The van der Waals surface area contributed by atoms with Gasteiger partial charge in [0.2, 0.25) is 5.91 Å². The minimum absolute atomic E-state index is 0.0837. The molecule has 0 aromatic heterocycles. The summed E-state index contributed by atoms with van der Waals surface area (Å²) < 4.78 is 40.0. The van der Waals surface area contributed by atoms with Gasteiger partial charge in [0.05, 0.1) is 5.56 Å². The fourth-order valence-corrected chi connectivity index (χ4v) is 5.20. The molecule has 1 aliphatic heterocycles. The van der Waals surface area contributed by atoms with Crippen molar-refractivity contribution < 1.29 is 18.0 Å². The van der Waals surface area contributed by atoms with E-state index in [4.69, 9.17) is 0 Å². The van der Waals surface area contributed by atoms with Crippen LogP contribution >= 0.6 is 0 Å². The van der Waals surface area contributed by atoms with Crippen molar-refractivity contribution in [1.29, 1.82) is 0 Å². The fraction of sp³-hybridized carbons (Fsp3) is 0.444. The molecule has 0 atom stereocenters. The summed E-state index contributed by atoms with van der Waals surface area (Å²) in [7, 11) is 0. The van der Waals surface area contributed by atoms with E-state index < -0.39 is 11.7 Å². The lowest BCUT2D eigenvalue weighted by Crippen LogP contribution is -2.51. The van der Waals surface area contributed by atoms with E-state index in [2.05, 4.69) is 10.2 Å². The number of rotatable bonds is 6. The van der Waals surface area contributed by atoms with Crippen molar-refractivity contribution in [2.45, 2.75) is 63.2 Å². The lowest BCUT2D eigenvalue weighted by molar-refractivity contribution is -0.138. The number of nitrogens with one attached hydrogen (secondary N) is 1. The molecule has 1 N–H and O–H groups in total. The summed E-state index contributed by atoms with van der Waals surface area (Å²) in [5.41, 5.74) is 1.44. The molecule has 0 unspecified atom stereocenters. The van der Waals surface area contributed by atoms with Crippen molar-refractivity contribution in [2.75, 3.05) is 13.1 Å². The summed E-state index contributed by atoms with van der Waals surface area (Å²) >= 11 is 0. The van der Waals surface area contributed by atoms with Crippen LogP contribution in [-0.2, 0) is 23.9 Å². The number of hydrogen-bond donors (Lipinski definition) is 1. The molecule has 2 aromatic rings. The number of fused-ring (bicyclic) bond motifs is 1. The molecule has 1 fully saturated rings. The molecule has 0 bridgehead atoms. The van der Waals surface area contributed by atoms with Gasteiger partial charge in [-0.3, -0.25) is 9.69 Å². The quantitative estimate of drug-likeness (QED) is 0.542. The summed E-state index contributed by atoms with van der Waals surface area (Å²) in [4.78, 5) is 14.9. The number of hydrogen-bond acceptors (Lipinski definition) is 2. The van der Waals surface area contributed by atoms with Crippen molar-refractivity contribution in [3.05, 3.63) is 76.9 Å². The van der Waals surface area contributed by atoms with Gasteiger partial charge in [0.25, 0.3) is 0 Å². The summed E-state index contributed by atoms with van der Waals surface area (Å²) in [6.45, 7) is 1.90. The second-order valence-corrected chi connectivity index (χ2v) is 9.29. The molecule has 6 heteroatoms. The first-order valence-electron chi connectivity index (χ1n) is 11.8. The highest BCUT2D eigenvalue weighted by molar-refractivity contribution is 5.92. The zero-order valence-electron chi connectivity index (χ0n) is 18.8. The van der Waals surface area contributed by atoms with Gasteiger partial charge >= 0.3 is 6.18 Å². The largest absolute Gasteiger partial charge is 0.416 e. The van der Waals surface area contributed by atoms with Crippen molar-refractivity contribution in [2.24, 2.45) is 0 Å². The summed E-state index contributed by atoms with van der Waals surface area (Å²) in [6.07, 6.45) is 5.57. The van der Waals surface area contributed by atoms with Gasteiger partial charge in [-0.2, -0.15) is 13.2 Å². The van der Waals surface area contributed by atoms with E-state index in [0.29, 0.717) is 25.1 Å². The Bertz CT molecular complexity index is 979. The van der Waals surface area contributed by atoms with Crippen LogP contribution in [0.25, 0.3) is 6.08 Å². The molecule has 2 aromatic carbocycles. The third kappa shape index (κ3) is 6.05. The normalized spacial score (nSPS) is 18.8. The molecule has 0 saturated heterocycles. The minimum Gasteiger partial charge on any atom is -0.347 e. The molecule has 1 aliphatic carbocycles. The molecular formula is C27H31F3N2O. The van der Waals surface area contributed by atoms with Gasteiger partial charge in [-0.25, -0.2) is 0 Å². The van der Waals surface area contributed by atoms with Crippen LogP contribution < -0.4 is 5.32 Å². The fourth-order valence-electron chi connectivity index (χ4n) is 5.20. The molecule has 3 nitrogen and oxygen atoms in total. The SMILES string of the molecule is O=C(/C=C/c1ccccc1)NC1(CCN2CCc3c(cccc3C(F)(F)F)C2)CCCCC1. The first-order valence-corrected chi connectivity index (χ1v) is 11.8. The lowest BCUT2D eigenvalue weighted by atomic mass is 9.79. The van der Waals surface area contributed by atoms with Crippen LogP contribution in [0.1, 0.15) is 60.8 Å². The molecule has 176 valence electrons. The molecule has 33 heavy (non-hydrogen) atoms. The molecule has 0 spiro atoms. The number of carbonyl (C=O) groups is 1. The Hall–Kier alpha value is -2.60. The van der Waals surface area contributed by atoms with Gasteiger partial charge < -0.3 is 5.32 Å². The Morgan fingerprint density at radius 3 is 2.52 bits per heavy atom. The zero-order valence-corrected chi connectivity index (χ0v) is 18.8. The van der Waals surface area contributed by atoms with E-state index in [1.165, 1.54) is 18.6 Å². The number of nitrogens with zero attached hydrogens (tertiary/aromatic N) is 1. The van der Waals surface area contributed by atoms with Gasteiger partial charge in [0.1, 0.15) is 0 Å². The van der Waals surface area contributed by atoms with Crippen LogP contribution in [0.4, 0.5) is 13.2 Å². The maximum Gasteiger partial charge on any atom is 0.416 e. The summed E-state index contributed by atoms with van der Waals surface area (Å²) in [5.74, 6) is -0.0837. The predicted octanol–water partition coefficient (Wildman–Crippen LogP) is 5.99. The predicted molar refractivity (Wildman–Crippen MR) is 124 cm³/mol. The van der Waals surface area contributed by atoms with Gasteiger partial charge in [-0.1, -0.05) is 61.7 Å². The van der Waals surface area contributed by atoms with E-state index >= 15 is 0 Å². The van der Waals surface area contributed by atoms with E-state index in [9.17, 15) is 18.0 Å². The second-order valence-electron chi connectivity index (χ2n) is 9.29. The standard InChI is InChI=1S/C27H31F3N2O/c28-27(29,30)24-11-7-10-22-20-32(18-14-23(22)24)19-17-26(15-5-2-6-16-26)31-25(33)13-12-21-8-3-1-4-9-21/h1,3-4,7-13H,2,5-6,14-20H2,(H,31,33)/b13-12+. The summed E-state index contributed by atoms with van der Waals surface area (Å²) in [5, 5.41) is 3.29. The van der Waals surface area contributed by atoms with Crippen LogP contribution in [0.5, 0.6) is 0 Å². The molecule has 1 heterocycles. The van der Waals surface area contributed by atoms with E-state index in [-0.39, 0.29) is 11.4 Å². The van der Waals surface area contributed by atoms with Crippen molar-refractivity contribution >= 4 is 12.0 Å². The maximum absolute atomic E-state index is 13.3. The lowest BCUT2D eigenvalue weighted by Gasteiger charge is -2.40. The summed E-state index contributed by atoms with van der Waals surface area (Å²) in [6, 6.07) is 14.2. The van der Waals surface area contributed by atoms with Gasteiger partial charge in [0.15, 0.2) is 0 Å². The highest BCUT2D eigenvalue weighted by Gasteiger charge is 2.36. The number of amides is 1. The first-order chi connectivity index (χ1) is 15.8. The Labute approximate surface area is 193 Å². The van der Waals surface area contributed by atoms with E-state index in [1.54, 1.807) is 6.08 Å². The van der Waals surface area contributed by atoms with Crippen molar-refractivity contribution in [3.8, 4) is 0 Å². The maximum atomic E-state index is 13.3. The van der Waals surface area contributed by atoms with Crippen LogP contribution in [0.3, 0.4) is 0 Å². The molecule has 1 amide bonds. The third-order valence-corrected chi connectivity index (χ3v) is 6.98. The molecule has 1 saturated carbocycles. The van der Waals surface area contributed by atoms with Gasteiger partial charge in [-0.15, -0.1) is 0 Å². The Kier molecular flexibility index (Phi) is 7.23. The highest BCUT2D eigenvalue weighted by Crippen LogP contribution is 2.36. The number of benzene rings is 2. The monoisotopic (exact) mass is 456 g/mol. The Morgan fingerprint density at radius 2 is 1.79 bits per heavy atom. The van der Waals surface area contributed by atoms with Crippen molar-refractivity contribution in [1.82, 2.24) is 10.2 Å². The molecule has 4 rings (SSSR count). The van der Waals surface area contributed by atoms with Crippen molar-refractivity contribution in [3.63, 3.8) is 0 Å².